The second kappa shape index (κ2) is 7.07. The molecule has 0 bridgehead atoms. The van der Waals surface area contributed by atoms with Crippen LogP contribution in [0.1, 0.15) is 16.7 Å². The van der Waals surface area contributed by atoms with E-state index < -0.39 is 11.7 Å². The van der Waals surface area contributed by atoms with Crippen molar-refractivity contribution in [3.05, 3.63) is 64.1 Å². The molecular formula is C20H20F3N4O2+. The predicted molar refractivity (Wildman–Crippen MR) is 102 cm³/mol. The number of fused-ring (bicyclic) bond motifs is 3. The molecule has 2 N–H and O–H groups in total. The van der Waals surface area contributed by atoms with Gasteiger partial charge in [-0.15, -0.1) is 0 Å². The van der Waals surface area contributed by atoms with Crippen LogP contribution in [0.3, 0.4) is 0 Å². The highest BCUT2D eigenvalue weighted by Crippen LogP contribution is 2.46. The fraction of sp³-hybridized carbons (Fsp3) is 0.300. The van der Waals surface area contributed by atoms with Crippen molar-refractivity contribution in [3.63, 3.8) is 0 Å². The Morgan fingerprint density at radius 1 is 1.10 bits per heavy atom. The summed E-state index contributed by atoms with van der Waals surface area (Å²) in [4.78, 5) is 15.5. The third-order valence-electron chi connectivity index (χ3n) is 5.15. The van der Waals surface area contributed by atoms with Crippen molar-refractivity contribution in [1.82, 2.24) is 9.91 Å². The number of alkyl halides is 3. The van der Waals surface area contributed by atoms with E-state index in [2.05, 4.69) is 4.90 Å². The average molecular weight is 405 g/mol. The molecule has 9 heteroatoms. The number of ether oxygens (including phenoxy) is 1. The smallest absolute Gasteiger partial charge is 0.416 e. The van der Waals surface area contributed by atoms with E-state index in [-0.39, 0.29) is 5.69 Å². The van der Waals surface area contributed by atoms with Crippen LogP contribution in [0.15, 0.2) is 42.5 Å². The van der Waals surface area contributed by atoms with Gasteiger partial charge in [0.2, 0.25) is 0 Å². The zero-order valence-corrected chi connectivity index (χ0v) is 15.7. The number of hydrazine groups is 1. The van der Waals surface area contributed by atoms with Gasteiger partial charge in [-0.2, -0.15) is 13.2 Å². The molecule has 0 atom stereocenters. The maximum Gasteiger partial charge on any atom is 0.416 e. The minimum atomic E-state index is -4.52. The lowest BCUT2D eigenvalue weighted by atomic mass is 10.00. The van der Waals surface area contributed by atoms with Gasteiger partial charge in [0, 0.05) is 31.3 Å². The third-order valence-corrected chi connectivity index (χ3v) is 5.15. The number of rotatable bonds is 4. The molecule has 0 radical (unpaired) electrons. The van der Waals surface area contributed by atoms with E-state index in [1.807, 2.05) is 12.1 Å². The first kappa shape index (κ1) is 19.3. The summed E-state index contributed by atoms with van der Waals surface area (Å²) in [6.07, 6.45) is -4.52. The summed E-state index contributed by atoms with van der Waals surface area (Å²) < 4.78 is 44.7. The van der Waals surface area contributed by atoms with Gasteiger partial charge in [-0.1, -0.05) is 5.01 Å². The van der Waals surface area contributed by atoms with Gasteiger partial charge < -0.3 is 15.4 Å². The quantitative estimate of drug-likeness (QED) is 0.790. The van der Waals surface area contributed by atoms with Crippen LogP contribution in [-0.4, -0.2) is 48.1 Å². The van der Waals surface area contributed by atoms with Crippen LogP contribution in [0.2, 0.25) is 0 Å². The molecule has 2 aliphatic heterocycles. The molecule has 2 aromatic rings. The number of benzene rings is 2. The second-order valence-electron chi connectivity index (χ2n) is 6.83. The van der Waals surface area contributed by atoms with Crippen LogP contribution in [0.25, 0.3) is 11.4 Å². The van der Waals surface area contributed by atoms with E-state index in [0.717, 1.165) is 23.4 Å². The van der Waals surface area contributed by atoms with Crippen LogP contribution < -0.4 is 10.5 Å². The number of nitrogens with two attached hydrogens (primary N) is 1. The van der Waals surface area contributed by atoms with E-state index in [4.69, 9.17) is 10.5 Å². The molecule has 0 aromatic heterocycles. The molecule has 2 aromatic carbocycles. The number of hydrogen-bond acceptors (Lipinski definition) is 4. The Morgan fingerprint density at radius 2 is 1.83 bits per heavy atom. The van der Waals surface area contributed by atoms with Crippen LogP contribution in [0.4, 0.5) is 18.9 Å². The molecule has 0 spiro atoms. The van der Waals surface area contributed by atoms with Gasteiger partial charge in [0.1, 0.15) is 18.0 Å². The van der Waals surface area contributed by atoms with Crippen LogP contribution >= 0.6 is 0 Å². The first-order valence-corrected chi connectivity index (χ1v) is 9.15. The maximum absolute atomic E-state index is 13.1. The van der Waals surface area contributed by atoms with Crippen LogP contribution in [0, 0.1) is 4.91 Å². The van der Waals surface area contributed by atoms with Crippen molar-refractivity contribution in [2.75, 3.05) is 33.3 Å². The summed E-state index contributed by atoms with van der Waals surface area (Å²) in [7, 11) is 1.57. The Labute approximate surface area is 165 Å². The van der Waals surface area contributed by atoms with E-state index >= 15 is 0 Å². The highest BCUT2D eigenvalue weighted by molar-refractivity contribution is 5.93. The minimum absolute atomic E-state index is 0.00423. The molecule has 0 amide bonds. The van der Waals surface area contributed by atoms with Crippen LogP contribution in [0.5, 0.6) is 5.75 Å². The van der Waals surface area contributed by atoms with E-state index in [1.165, 1.54) is 11.1 Å². The molecule has 29 heavy (non-hydrogen) atoms. The van der Waals surface area contributed by atoms with Gasteiger partial charge in [0.05, 0.1) is 28.8 Å². The van der Waals surface area contributed by atoms with Gasteiger partial charge >= 0.3 is 11.9 Å². The molecule has 2 aliphatic rings. The number of hydrogen-bond donors (Lipinski definition) is 1. The molecule has 0 fully saturated rings. The molecule has 2 heterocycles. The Morgan fingerprint density at radius 3 is 2.45 bits per heavy atom. The molecule has 6 nitrogen and oxygen atoms in total. The standard InChI is InChI=1S/C20H20F3N4O2/c1-29-15-5-2-13(3-6-15)18-19-16-7-4-14(20(21,22)23)12-17(16)27(28)26(19)11-10-25(18)9-8-24/h2-7,12H,8-11,24H2,1H3/q+1. The van der Waals surface area contributed by atoms with Gasteiger partial charge in [-0.25, -0.2) is 0 Å². The number of nitroso groups, excluding NO2 is 1. The number of halogens is 3. The largest absolute Gasteiger partial charge is 0.497 e. The topological polar surface area (TPSA) is 61.8 Å². The Bertz CT molecular complexity index is 986. The van der Waals surface area contributed by atoms with Gasteiger partial charge in [0.25, 0.3) is 0 Å². The number of methoxy groups -OCH3 is 1. The summed E-state index contributed by atoms with van der Waals surface area (Å²) in [6, 6.07) is 10.6. The predicted octanol–water partition coefficient (Wildman–Crippen LogP) is 3.46. The zero-order chi connectivity index (χ0) is 20.8. The minimum Gasteiger partial charge on any atom is -0.497 e. The lowest BCUT2D eigenvalue weighted by molar-refractivity contribution is -0.612. The number of nitrogens with zero attached hydrogens (tertiary/aromatic N) is 3. The summed E-state index contributed by atoms with van der Waals surface area (Å²) in [6.45, 7) is 1.86. The highest BCUT2D eigenvalue weighted by atomic mass is 19.4. The van der Waals surface area contributed by atoms with Gasteiger partial charge in [-0.05, 0) is 36.4 Å². The lowest BCUT2D eigenvalue weighted by Gasteiger charge is -2.33. The Balaban J connectivity index is 1.92. The molecule has 152 valence electrons. The molecular weight excluding hydrogens is 385 g/mol. The summed E-state index contributed by atoms with van der Waals surface area (Å²) >= 11 is 0. The normalized spacial score (nSPS) is 16.2. The van der Waals surface area contributed by atoms with Crippen molar-refractivity contribution in [2.45, 2.75) is 6.18 Å². The summed E-state index contributed by atoms with van der Waals surface area (Å²) in [5.41, 5.74) is 7.59. The second-order valence-corrected chi connectivity index (χ2v) is 6.83. The Kier molecular flexibility index (Phi) is 4.70. The van der Waals surface area contributed by atoms with Crippen molar-refractivity contribution in [1.29, 1.82) is 0 Å². The molecule has 0 saturated carbocycles. The fourth-order valence-electron chi connectivity index (χ4n) is 3.80. The molecule has 0 aliphatic carbocycles. The van der Waals surface area contributed by atoms with Crippen molar-refractivity contribution in [3.8, 4) is 5.75 Å². The van der Waals surface area contributed by atoms with Gasteiger partial charge in [-0.3, -0.25) is 0 Å². The first-order chi connectivity index (χ1) is 13.8. The monoisotopic (exact) mass is 405 g/mol. The lowest BCUT2D eigenvalue weighted by Crippen LogP contribution is -2.42. The SMILES string of the molecule is COc1ccc(C2=C3c4ccc(C(F)(F)F)cc4[N+](=O)N3CCN2CCN)cc1. The van der Waals surface area contributed by atoms with Crippen molar-refractivity contribution in [2.24, 2.45) is 5.73 Å². The maximum atomic E-state index is 13.1. The van der Waals surface area contributed by atoms with E-state index in [0.29, 0.717) is 48.1 Å². The molecule has 0 unspecified atom stereocenters. The van der Waals surface area contributed by atoms with Crippen molar-refractivity contribution < 1.29 is 22.8 Å². The summed E-state index contributed by atoms with van der Waals surface area (Å²) in [5, 5.41) is 1.48. The van der Waals surface area contributed by atoms with Gasteiger partial charge in [0.15, 0.2) is 4.87 Å². The third kappa shape index (κ3) is 3.21. The fourth-order valence-corrected chi connectivity index (χ4v) is 3.80. The van der Waals surface area contributed by atoms with Crippen molar-refractivity contribution >= 4 is 17.1 Å². The Hall–Kier alpha value is -3.07. The molecule has 4 rings (SSSR count). The first-order valence-electron chi connectivity index (χ1n) is 9.15. The zero-order valence-electron chi connectivity index (χ0n) is 15.7. The van der Waals surface area contributed by atoms with E-state index in [9.17, 15) is 18.1 Å². The molecule has 0 saturated heterocycles. The van der Waals surface area contributed by atoms with E-state index in [1.54, 1.807) is 19.2 Å². The van der Waals surface area contributed by atoms with Crippen LogP contribution in [-0.2, 0) is 6.18 Å². The highest BCUT2D eigenvalue weighted by Gasteiger charge is 2.47. The summed E-state index contributed by atoms with van der Waals surface area (Å²) in [5.74, 6) is 0.685. The average Bonchev–Trinajstić information content (AvgIpc) is 2.99.